The molecule has 1 saturated carbocycles. The summed E-state index contributed by atoms with van der Waals surface area (Å²) in [7, 11) is 0. The van der Waals surface area contributed by atoms with E-state index in [2.05, 4.69) is 15.4 Å². The second-order valence-corrected chi connectivity index (χ2v) is 7.97. The first-order valence-electron chi connectivity index (χ1n) is 10.2. The summed E-state index contributed by atoms with van der Waals surface area (Å²) in [6.45, 7) is 3.12. The van der Waals surface area contributed by atoms with E-state index in [1.54, 1.807) is 17.1 Å². The third kappa shape index (κ3) is 4.13. The number of pyridine rings is 2. The summed E-state index contributed by atoms with van der Waals surface area (Å²) >= 11 is 0. The highest BCUT2D eigenvalue weighted by atomic mass is 19.3. The van der Waals surface area contributed by atoms with Gasteiger partial charge >= 0.3 is 0 Å². The molecule has 0 bridgehead atoms. The lowest BCUT2D eigenvalue weighted by molar-refractivity contribution is -0.114. The number of ether oxygens (including phenoxy) is 2. The van der Waals surface area contributed by atoms with Crippen LogP contribution < -0.4 is 10.1 Å². The van der Waals surface area contributed by atoms with Crippen molar-refractivity contribution in [2.24, 2.45) is 5.92 Å². The molecule has 0 unspecified atom stereocenters. The van der Waals surface area contributed by atoms with Crippen LogP contribution in [-0.2, 0) is 11.3 Å². The summed E-state index contributed by atoms with van der Waals surface area (Å²) in [6, 6.07) is 5.66. The molecule has 0 amide bonds. The minimum atomic E-state index is -2.52. The predicted octanol–water partition coefficient (Wildman–Crippen LogP) is 2.91. The van der Waals surface area contributed by atoms with Crippen LogP contribution in [0.2, 0.25) is 0 Å². The van der Waals surface area contributed by atoms with Crippen molar-refractivity contribution in [1.82, 2.24) is 25.1 Å². The molecule has 7 nitrogen and oxygen atoms in total. The van der Waals surface area contributed by atoms with Gasteiger partial charge in [-0.1, -0.05) is 0 Å². The molecule has 158 valence electrons. The number of aromatic nitrogens is 4. The fraction of sp³-hybridized carbons (Fsp3) is 0.476. The van der Waals surface area contributed by atoms with Gasteiger partial charge < -0.3 is 14.8 Å². The molecule has 1 aliphatic heterocycles. The van der Waals surface area contributed by atoms with Crippen LogP contribution in [0.3, 0.4) is 0 Å². The van der Waals surface area contributed by atoms with Gasteiger partial charge in [-0.3, -0.25) is 9.67 Å². The lowest BCUT2D eigenvalue weighted by Crippen LogP contribution is -2.41. The molecule has 2 aliphatic rings. The van der Waals surface area contributed by atoms with Gasteiger partial charge in [-0.15, -0.1) is 0 Å². The standard InChI is InChI=1S/C21H23F2N5O2/c22-21(23)7-14(8-21)11-28-12-15(9-26-28)18-6-19-17(2-1-3-25-19)20(27-18)30-13-16-10-24-4-5-29-16/h1-3,6,9,12,14,16,24H,4-5,7-8,10-11,13H2/t16-/m0/s1. The Labute approximate surface area is 172 Å². The molecular formula is C21H23F2N5O2. The van der Waals surface area contributed by atoms with Crippen LogP contribution >= 0.6 is 0 Å². The summed E-state index contributed by atoms with van der Waals surface area (Å²) in [6.07, 6.45) is 5.09. The zero-order valence-corrected chi connectivity index (χ0v) is 16.4. The van der Waals surface area contributed by atoms with Gasteiger partial charge in [-0.05, 0) is 24.1 Å². The maximum atomic E-state index is 13.1. The van der Waals surface area contributed by atoms with Gasteiger partial charge in [0.05, 0.1) is 29.4 Å². The molecule has 2 fully saturated rings. The van der Waals surface area contributed by atoms with Crippen LogP contribution in [0.25, 0.3) is 22.2 Å². The second-order valence-electron chi connectivity index (χ2n) is 7.97. The Hall–Kier alpha value is -2.65. The highest BCUT2D eigenvalue weighted by molar-refractivity contribution is 5.86. The quantitative estimate of drug-likeness (QED) is 0.667. The molecule has 0 aromatic carbocycles. The minimum absolute atomic E-state index is 0.0284. The van der Waals surface area contributed by atoms with Gasteiger partial charge in [-0.25, -0.2) is 13.8 Å². The molecule has 3 aromatic rings. The largest absolute Gasteiger partial charge is 0.474 e. The maximum Gasteiger partial charge on any atom is 0.248 e. The Kier molecular flexibility index (Phi) is 5.08. The van der Waals surface area contributed by atoms with Gasteiger partial charge in [0.25, 0.3) is 0 Å². The number of nitrogens with zero attached hydrogens (tertiary/aromatic N) is 4. The van der Waals surface area contributed by atoms with Crippen molar-refractivity contribution in [1.29, 1.82) is 0 Å². The maximum absolute atomic E-state index is 13.1. The molecule has 3 aromatic heterocycles. The number of morpholine rings is 1. The van der Waals surface area contributed by atoms with E-state index in [0.29, 0.717) is 31.3 Å². The number of hydrogen-bond donors (Lipinski definition) is 1. The van der Waals surface area contributed by atoms with E-state index >= 15 is 0 Å². The summed E-state index contributed by atoms with van der Waals surface area (Å²) < 4.78 is 39.6. The molecule has 0 radical (unpaired) electrons. The van der Waals surface area contributed by atoms with Crippen LogP contribution in [-0.4, -0.2) is 58.1 Å². The van der Waals surface area contributed by atoms with Crippen LogP contribution in [0.5, 0.6) is 5.88 Å². The van der Waals surface area contributed by atoms with Crippen molar-refractivity contribution in [2.75, 3.05) is 26.3 Å². The normalized spacial score (nSPS) is 21.5. The van der Waals surface area contributed by atoms with Gasteiger partial charge in [0.1, 0.15) is 12.7 Å². The lowest BCUT2D eigenvalue weighted by Gasteiger charge is -2.34. The van der Waals surface area contributed by atoms with Crippen molar-refractivity contribution in [3.63, 3.8) is 0 Å². The fourth-order valence-corrected chi connectivity index (χ4v) is 3.98. The SMILES string of the molecule is FC1(F)CC(Cn2cc(-c3cc4ncccc4c(OC[C@@H]4CNCCO4)n3)cn2)C1. The van der Waals surface area contributed by atoms with E-state index in [1.165, 1.54) is 0 Å². The molecular weight excluding hydrogens is 392 g/mol. The number of nitrogens with one attached hydrogen (secondary N) is 1. The van der Waals surface area contributed by atoms with E-state index in [-0.39, 0.29) is 24.9 Å². The Morgan fingerprint density at radius 3 is 3.03 bits per heavy atom. The molecule has 4 heterocycles. The Balaban J connectivity index is 1.36. The minimum Gasteiger partial charge on any atom is -0.474 e. The van der Waals surface area contributed by atoms with Crippen molar-refractivity contribution in [3.05, 3.63) is 36.8 Å². The Morgan fingerprint density at radius 1 is 1.33 bits per heavy atom. The van der Waals surface area contributed by atoms with Crippen molar-refractivity contribution in [3.8, 4) is 17.1 Å². The second kappa shape index (κ2) is 7.88. The molecule has 0 spiro atoms. The summed E-state index contributed by atoms with van der Waals surface area (Å²) in [4.78, 5) is 9.14. The van der Waals surface area contributed by atoms with Crippen molar-refractivity contribution in [2.45, 2.75) is 31.4 Å². The lowest BCUT2D eigenvalue weighted by atomic mass is 9.81. The van der Waals surface area contributed by atoms with Crippen molar-refractivity contribution < 1.29 is 18.3 Å². The van der Waals surface area contributed by atoms with Crippen LogP contribution in [0.15, 0.2) is 36.8 Å². The summed E-state index contributed by atoms with van der Waals surface area (Å²) in [5.41, 5.74) is 2.25. The molecule has 1 atom stereocenters. The Morgan fingerprint density at radius 2 is 2.23 bits per heavy atom. The highest BCUT2D eigenvalue weighted by Gasteiger charge is 2.45. The summed E-state index contributed by atoms with van der Waals surface area (Å²) in [5, 5.41) is 8.44. The van der Waals surface area contributed by atoms with E-state index in [9.17, 15) is 8.78 Å². The van der Waals surface area contributed by atoms with Crippen LogP contribution in [0.4, 0.5) is 8.78 Å². The van der Waals surface area contributed by atoms with Gasteiger partial charge in [0.15, 0.2) is 0 Å². The van der Waals surface area contributed by atoms with Gasteiger partial charge in [0.2, 0.25) is 11.8 Å². The first kappa shape index (κ1) is 19.3. The number of halogens is 2. The predicted molar refractivity (Wildman–Crippen MR) is 107 cm³/mol. The zero-order chi connectivity index (χ0) is 20.6. The molecule has 1 aliphatic carbocycles. The number of rotatable bonds is 6. The van der Waals surface area contributed by atoms with E-state index < -0.39 is 5.92 Å². The molecule has 1 saturated heterocycles. The molecule has 9 heteroatoms. The molecule has 30 heavy (non-hydrogen) atoms. The third-order valence-electron chi connectivity index (χ3n) is 5.52. The highest BCUT2D eigenvalue weighted by Crippen LogP contribution is 2.43. The number of fused-ring (bicyclic) bond motifs is 1. The number of hydrogen-bond acceptors (Lipinski definition) is 6. The summed E-state index contributed by atoms with van der Waals surface area (Å²) in [5.74, 6) is -2.06. The van der Waals surface area contributed by atoms with Crippen molar-refractivity contribution >= 4 is 10.9 Å². The zero-order valence-electron chi connectivity index (χ0n) is 16.4. The van der Waals surface area contributed by atoms with E-state index in [4.69, 9.17) is 14.5 Å². The van der Waals surface area contributed by atoms with Crippen LogP contribution in [0.1, 0.15) is 12.8 Å². The Bertz CT molecular complexity index is 1030. The number of alkyl halides is 2. The topological polar surface area (TPSA) is 74.1 Å². The van der Waals surface area contributed by atoms with Gasteiger partial charge in [0, 0.05) is 50.4 Å². The van der Waals surface area contributed by atoms with Crippen LogP contribution in [0, 0.1) is 5.92 Å². The first-order chi connectivity index (χ1) is 14.6. The molecule has 1 N–H and O–H groups in total. The fourth-order valence-electron chi connectivity index (χ4n) is 3.98. The van der Waals surface area contributed by atoms with Gasteiger partial charge in [-0.2, -0.15) is 5.10 Å². The average Bonchev–Trinajstić information content (AvgIpc) is 3.20. The monoisotopic (exact) mass is 415 g/mol. The van der Waals surface area contributed by atoms with E-state index in [0.717, 1.165) is 29.6 Å². The smallest absolute Gasteiger partial charge is 0.248 e. The average molecular weight is 415 g/mol. The third-order valence-corrected chi connectivity index (χ3v) is 5.52. The first-order valence-corrected chi connectivity index (χ1v) is 10.2. The van der Waals surface area contributed by atoms with E-state index in [1.807, 2.05) is 24.4 Å². The molecule has 5 rings (SSSR count).